The minimum absolute atomic E-state index is 0.397. The van der Waals surface area contributed by atoms with E-state index in [9.17, 15) is 0 Å². The van der Waals surface area contributed by atoms with E-state index in [1.807, 2.05) is 0 Å². The van der Waals surface area contributed by atoms with E-state index in [0.717, 1.165) is 13.1 Å². The Morgan fingerprint density at radius 1 is 1.19 bits per heavy atom. The standard InChI is InChI=1S/C14H32N2/c1-6-8-9-16(7-2)12-13(11-15)10-14(3,4)5/h13H,6-12,15H2,1-5H3. The fourth-order valence-electron chi connectivity index (χ4n) is 2.21. The smallest absolute Gasteiger partial charge is 0.00218 e. The molecule has 0 amide bonds. The second-order valence-corrected chi connectivity index (χ2v) is 6.11. The fraction of sp³-hybridized carbons (Fsp3) is 1.00. The molecule has 0 bridgehead atoms. The van der Waals surface area contributed by atoms with Crippen molar-refractivity contribution in [1.29, 1.82) is 0 Å². The summed E-state index contributed by atoms with van der Waals surface area (Å²) in [5, 5.41) is 0. The van der Waals surface area contributed by atoms with Crippen LogP contribution >= 0.6 is 0 Å². The van der Waals surface area contributed by atoms with E-state index < -0.39 is 0 Å². The van der Waals surface area contributed by atoms with Crippen LogP contribution in [-0.2, 0) is 0 Å². The third-order valence-corrected chi connectivity index (χ3v) is 3.03. The zero-order valence-electron chi connectivity index (χ0n) is 12.1. The third-order valence-electron chi connectivity index (χ3n) is 3.03. The highest BCUT2D eigenvalue weighted by Crippen LogP contribution is 2.24. The molecule has 0 aromatic rings. The van der Waals surface area contributed by atoms with Gasteiger partial charge in [-0.2, -0.15) is 0 Å². The number of unbranched alkanes of at least 4 members (excludes halogenated alkanes) is 1. The van der Waals surface area contributed by atoms with Gasteiger partial charge in [0.05, 0.1) is 0 Å². The third kappa shape index (κ3) is 8.12. The molecular weight excluding hydrogens is 196 g/mol. The van der Waals surface area contributed by atoms with Gasteiger partial charge in [-0.05, 0) is 43.8 Å². The second-order valence-electron chi connectivity index (χ2n) is 6.11. The van der Waals surface area contributed by atoms with Crippen molar-refractivity contribution in [3.63, 3.8) is 0 Å². The lowest BCUT2D eigenvalue weighted by molar-refractivity contribution is 0.198. The highest BCUT2D eigenvalue weighted by Gasteiger charge is 2.19. The van der Waals surface area contributed by atoms with Gasteiger partial charge in [-0.3, -0.25) is 0 Å². The van der Waals surface area contributed by atoms with E-state index in [-0.39, 0.29) is 0 Å². The van der Waals surface area contributed by atoms with Crippen molar-refractivity contribution in [3.8, 4) is 0 Å². The van der Waals surface area contributed by atoms with E-state index in [2.05, 4.69) is 39.5 Å². The Hall–Kier alpha value is -0.0800. The summed E-state index contributed by atoms with van der Waals surface area (Å²) in [4.78, 5) is 2.55. The number of hydrogen-bond acceptors (Lipinski definition) is 2. The first-order chi connectivity index (χ1) is 7.42. The van der Waals surface area contributed by atoms with Crippen molar-refractivity contribution in [3.05, 3.63) is 0 Å². The molecule has 0 spiro atoms. The molecule has 1 unspecified atom stereocenters. The van der Waals surface area contributed by atoms with E-state index in [4.69, 9.17) is 5.73 Å². The van der Waals surface area contributed by atoms with Gasteiger partial charge in [-0.25, -0.2) is 0 Å². The van der Waals surface area contributed by atoms with Gasteiger partial charge < -0.3 is 10.6 Å². The van der Waals surface area contributed by atoms with Crippen LogP contribution in [0.3, 0.4) is 0 Å². The summed E-state index contributed by atoms with van der Waals surface area (Å²) in [6.07, 6.45) is 3.82. The maximum atomic E-state index is 5.88. The lowest BCUT2D eigenvalue weighted by Crippen LogP contribution is -2.35. The number of hydrogen-bond donors (Lipinski definition) is 1. The minimum Gasteiger partial charge on any atom is -0.330 e. The van der Waals surface area contributed by atoms with Crippen LogP contribution in [0.4, 0.5) is 0 Å². The molecule has 0 aliphatic rings. The first kappa shape index (κ1) is 15.9. The van der Waals surface area contributed by atoms with E-state index in [1.165, 1.54) is 32.4 Å². The zero-order valence-corrected chi connectivity index (χ0v) is 12.1. The van der Waals surface area contributed by atoms with Crippen LogP contribution in [0, 0.1) is 11.3 Å². The van der Waals surface area contributed by atoms with Gasteiger partial charge in [0.1, 0.15) is 0 Å². The van der Waals surface area contributed by atoms with Gasteiger partial charge in [0.15, 0.2) is 0 Å². The van der Waals surface area contributed by atoms with Crippen molar-refractivity contribution in [2.24, 2.45) is 17.1 Å². The average molecular weight is 228 g/mol. The molecule has 1 atom stereocenters. The molecule has 2 heteroatoms. The van der Waals surface area contributed by atoms with Gasteiger partial charge in [-0.1, -0.05) is 41.0 Å². The molecule has 2 nitrogen and oxygen atoms in total. The molecule has 0 fully saturated rings. The van der Waals surface area contributed by atoms with Gasteiger partial charge in [0, 0.05) is 6.54 Å². The van der Waals surface area contributed by atoms with E-state index >= 15 is 0 Å². The van der Waals surface area contributed by atoms with Crippen LogP contribution in [0.2, 0.25) is 0 Å². The Morgan fingerprint density at radius 3 is 2.19 bits per heavy atom. The molecule has 0 aliphatic heterocycles. The summed E-state index contributed by atoms with van der Waals surface area (Å²) < 4.78 is 0. The Labute approximate surface area is 103 Å². The SMILES string of the molecule is CCCCN(CC)CC(CN)CC(C)(C)C. The van der Waals surface area contributed by atoms with Crippen LogP contribution < -0.4 is 5.73 Å². The lowest BCUT2D eigenvalue weighted by atomic mass is 9.84. The Balaban J connectivity index is 4.06. The van der Waals surface area contributed by atoms with Crippen molar-refractivity contribution in [2.45, 2.75) is 53.9 Å². The summed E-state index contributed by atoms with van der Waals surface area (Å²) >= 11 is 0. The molecule has 0 heterocycles. The summed E-state index contributed by atoms with van der Waals surface area (Å²) in [5.41, 5.74) is 6.28. The predicted octanol–water partition coefficient (Wildman–Crippen LogP) is 3.12. The maximum absolute atomic E-state index is 5.88. The normalized spacial score (nSPS) is 14.4. The molecule has 0 rings (SSSR count). The number of nitrogens with two attached hydrogens (primary N) is 1. The number of nitrogens with zero attached hydrogens (tertiary/aromatic N) is 1. The van der Waals surface area contributed by atoms with Crippen LogP contribution in [0.25, 0.3) is 0 Å². The highest BCUT2D eigenvalue weighted by molar-refractivity contribution is 4.73. The van der Waals surface area contributed by atoms with E-state index in [1.54, 1.807) is 0 Å². The Bertz CT molecular complexity index is 161. The highest BCUT2D eigenvalue weighted by atomic mass is 15.1. The van der Waals surface area contributed by atoms with Crippen LogP contribution in [0.5, 0.6) is 0 Å². The summed E-state index contributed by atoms with van der Waals surface area (Å²) in [6, 6.07) is 0. The lowest BCUT2D eigenvalue weighted by Gasteiger charge is -2.30. The van der Waals surface area contributed by atoms with Crippen LogP contribution in [-0.4, -0.2) is 31.1 Å². The van der Waals surface area contributed by atoms with Crippen molar-refractivity contribution in [1.82, 2.24) is 4.90 Å². The first-order valence-corrected chi connectivity index (χ1v) is 6.85. The molecule has 0 aliphatic carbocycles. The molecular formula is C14H32N2. The zero-order chi connectivity index (χ0) is 12.6. The molecule has 0 saturated carbocycles. The fourth-order valence-corrected chi connectivity index (χ4v) is 2.21. The average Bonchev–Trinajstić information content (AvgIpc) is 2.20. The molecule has 0 saturated heterocycles. The summed E-state index contributed by atoms with van der Waals surface area (Å²) in [7, 11) is 0. The molecule has 98 valence electrons. The molecule has 0 radical (unpaired) electrons. The second kappa shape index (κ2) is 8.08. The van der Waals surface area contributed by atoms with Crippen molar-refractivity contribution < 1.29 is 0 Å². The largest absolute Gasteiger partial charge is 0.330 e. The topological polar surface area (TPSA) is 29.3 Å². The van der Waals surface area contributed by atoms with Crippen molar-refractivity contribution in [2.75, 3.05) is 26.2 Å². The molecule has 2 N–H and O–H groups in total. The van der Waals surface area contributed by atoms with Gasteiger partial charge in [0.25, 0.3) is 0 Å². The number of rotatable bonds is 8. The quantitative estimate of drug-likeness (QED) is 0.691. The first-order valence-electron chi connectivity index (χ1n) is 6.85. The molecule has 16 heavy (non-hydrogen) atoms. The van der Waals surface area contributed by atoms with Crippen LogP contribution in [0.15, 0.2) is 0 Å². The summed E-state index contributed by atoms with van der Waals surface area (Å²) in [6.45, 7) is 15.8. The van der Waals surface area contributed by atoms with Gasteiger partial charge in [0.2, 0.25) is 0 Å². The Morgan fingerprint density at radius 2 is 1.81 bits per heavy atom. The molecule has 0 aromatic heterocycles. The predicted molar refractivity (Wildman–Crippen MR) is 73.6 cm³/mol. The maximum Gasteiger partial charge on any atom is 0.00218 e. The monoisotopic (exact) mass is 228 g/mol. The Kier molecular flexibility index (Phi) is 8.04. The van der Waals surface area contributed by atoms with Gasteiger partial charge in [-0.15, -0.1) is 0 Å². The van der Waals surface area contributed by atoms with Crippen LogP contribution in [0.1, 0.15) is 53.9 Å². The molecule has 0 aromatic carbocycles. The minimum atomic E-state index is 0.397. The summed E-state index contributed by atoms with van der Waals surface area (Å²) in [5.74, 6) is 0.650. The van der Waals surface area contributed by atoms with Crippen molar-refractivity contribution >= 4 is 0 Å². The van der Waals surface area contributed by atoms with Gasteiger partial charge >= 0.3 is 0 Å². The van der Waals surface area contributed by atoms with E-state index in [0.29, 0.717) is 11.3 Å².